The molecule has 1 aliphatic rings. The number of unbranched alkanes of at least 4 members (excludes halogenated alkanes) is 4. The molecule has 0 aromatic heterocycles. The molecule has 1 aliphatic heterocycles. The molecule has 1 unspecified atom stereocenters. The summed E-state index contributed by atoms with van der Waals surface area (Å²) in [6.07, 6.45) is 6.86. The summed E-state index contributed by atoms with van der Waals surface area (Å²) in [4.78, 5) is 4.25. The molecule has 0 spiro atoms. The van der Waals surface area contributed by atoms with Crippen molar-refractivity contribution in [1.82, 2.24) is 0 Å². The SMILES string of the molecule is CCCCCC[CH][SH]1C=NCC1. The molecule has 0 bridgehead atoms. The van der Waals surface area contributed by atoms with Gasteiger partial charge in [0.15, 0.2) is 0 Å². The van der Waals surface area contributed by atoms with Crippen LogP contribution < -0.4 is 0 Å². The van der Waals surface area contributed by atoms with Gasteiger partial charge in [-0.15, -0.1) is 0 Å². The minimum atomic E-state index is 0.117. The van der Waals surface area contributed by atoms with E-state index in [4.69, 9.17) is 0 Å². The lowest BCUT2D eigenvalue weighted by atomic mass is 10.2. The van der Waals surface area contributed by atoms with Gasteiger partial charge in [-0.25, -0.2) is 10.9 Å². The highest BCUT2D eigenvalue weighted by atomic mass is 32.2. The van der Waals surface area contributed by atoms with Gasteiger partial charge in [0.25, 0.3) is 0 Å². The molecule has 1 radical (unpaired) electrons. The summed E-state index contributed by atoms with van der Waals surface area (Å²) in [5, 5.41) is 0. The van der Waals surface area contributed by atoms with Gasteiger partial charge in [0, 0.05) is 17.8 Å². The van der Waals surface area contributed by atoms with Crippen LogP contribution in [0.5, 0.6) is 0 Å². The van der Waals surface area contributed by atoms with Gasteiger partial charge in [0.2, 0.25) is 0 Å². The third kappa shape index (κ3) is 4.15. The van der Waals surface area contributed by atoms with E-state index in [1.807, 2.05) is 0 Å². The van der Waals surface area contributed by atoms with Crippen LogP contribution in [0.15, 0.2) is 4.99 Å². The van der Waals surface area contributed by atoms with E-state index in [9.17, 15) is 0 Å². The zero-order chi connectivity index (χ0) is 8.65. The fraction of sp³-hybridized carbons (Fsp3) is 0.800. The van der Waals surface area contributed by atoms with Crippen LogP contribution >= 0.6 is 10.9 Å². The first-order chi connectivity index (χ1) is 5.93. The second kappa shape index (κ2) is 6.53. The van der Waals surface area contributed by atoms with E-state index in [0.717, 1.165) is 6.54 Å². The molecule has 0 aliphatic carbocycles. The molecule has 1 rings (SSSR count). The molecule has 1 atom stereocenters. The third-order valence-corrected chi connectivity index (χ3v) is 4.04. The molecule has 0 aromatic rings. The monoisotopic (exact) mass is 186 g/mol. The summed E-state index contributed by atoms with van der Waals surface area (Å²) in [5.41, 5.74) is 2.18. The van der Waals surface area contributed by atoms with Crippen molar-refractivity contribution < 1.29 is 0 Å². The molecule has 12 heavy (non-hydrogen) atoms. The molecular weight excluding hydrogens is 166 g/mol. The van der Waals surface area contributed by atoms with Crippen molar-refractivity contribution in [3.63, 3.8) is 0 Å². The molecule has 0 fully saturated rings. The zero-order valence-corrected chi connectivity index (χ0v) is 8.89. The summed E-state index contributed by atoms with van der Waals surface area (Å²) in [5.74, 6) is 3.82. The van der Waals surface area contributed by atoms with Gasteiger partial charge < -0.3 is 0 Å². The van der Waals surface area contributed by atoms with Crippen LogP contribution in [-0.4, -0.2) is 17.8 Å². The van der Waals surface area contributed by atoms with Crippen molar-refractivity contribution in [3.8, 4) is 0 Å². The van der Waals surface area contributed by atoms with Crippen molar-refractivity contribution in [2.45, 2.75) is 39.0 Å². The second-order valence-corrected chi connectivity index (χ2v) is 5.36. The lowest BCUT2D eigenvalue weighted by molar-refractivity contribution is 0.671. The molecule has 71 valence electrons. The van der Waals surface area contributed by atoms with E-state index in [1.54, 1.807) is 0 Å². The zero-order valence-electron chi connectivity index (χ0n) is 8.00. The summed E-state index contributed by atoms with van der Waals surface area (Å²) < 4.78 is 0. The molecular formula is C10H20NS. The standard InChI is InChI=1S/C10H20NS/c1-2-3-4-5-6-8-12-9-7-11-10-12/h8,10,12H,2-7,9H2,1H3. The maximum Gasteiger partial charge on any atom is 0.0472 e. The molecule has 1 nitrogen and oxygen atoms in total. The average molecular weight is 186 g/mol. The highest BCUT2D eigenvalue weighted by molar-refractivity contribution is 8.30. The Labute approximate surface area is 79.0 Å². The largest absolute Gasteiger partial charge is 0.287 e. The van der Waals surface area contributed by atoms with E-state index in [1.165, 1.54) is 37.9 Å². The Morgan fingerprint density at radius 3 is 3.00 bits per heavy atom. The Morgan fingerprint density at radius 1 is 1.42 bits per heavy atom. The minimum Gasteiger partial charge on any atom is -0.287 e. The molecule has 0 N–H and O–H groups in total. The fourth-order valence-corrected chi connectivity index (χ4v) is 2.94. The van der Waals surface area contributed by atoms with Crippen LogP contribution in [0.3, 0.4) is 0 Å². The van der Waals surface area contributed by atoms with Crippen LogP contribution in [0.25, 0.3) is 0 Å². The van der Waals surface area contributed by atoms with E-state index < -0.39 is 0 Å². The Kier molecular flexibility index (Phi) is 5.50. The minimum absolute atomic E-state index is 0.117. The van der Waals surface area contributed by atoms with Gasteiger partial charge in [-0.1, -0.05) is 32.6 Å². The van der Waals surface area contributed by atoms with E-state index >= 15 is 0 Å². The van der Waals surface area contributed by atoms with Crippen molar-refractivity contribution >= 4 is 16.4 Å². The number of aliphatic imine (C=N–C) groups is 1. The number of nitrogens with zero attached hydrogens (tertiary/aromatic N) is 1. The summed E-state index contributed by atoms with van der Waals surface area (Å²) in [6.45, 7) is 3.34. The number of thiol groups is 1. The topological polar surface area (TPSA) is 12.4 Å². The van der Waals surface area contributed by atoms with Gasteiger partial charge in [0.1, 0.15) is 0 Å². The van der Waals surface area contributed by atoms with Gasteiger partial charge >= 0.3 is 0 Å². The van der Waals surface area contributed by atoms with Gasteiger partial charge in [-0.05, 0) is 12.2 Å². The summed E-state index contributed by atoms with van der Waals surface area (Å²) >= 11 is 0. The van der Waals surface area contributed by atoms with Crippen molar-refractivity contribution in [2.24, 2.45) is 4.99 Å². The highest BCUT2D eigenvalue weighted by Gasteiger charge is 2.04. The highest BCUT2D eigenvalue weighted by Crippen LogP contribution is 2.31. The fourth-order valence-electron chi connectivity index (χ4n) is 1.36. The predicted molar refractivity (Wildman–Crippen MR) is 60.3 cm³/mol. The quantitative estimate of drug-likeness (QED) is 0.483. The number of rotatable bonds is 6. The molecule has 0 amide bonds. The first-order valence-electron chi connectivity index (χ1n) is 5.02. The molecule has 2 heteroatoms. The van der Waals surface area contributed by atoms with Crippen molar-refractivity contribution in [3.05, 3.63) is 5.75 Å². The van der Waals surface area contributed by atoms with Crippen LogP contribution in [0, 0.1) is 5.75 Å². The summed E-state index contributed by atoms with van der Waals surface area (Å²) in [7, 11) is 0.117. The third-order valence-electron chi connectivity index (χ3n) is 2.14. The lowest BCUT2D eigenvalue weighted by Gasteiger charge is -2.08. The first kappa shape index (κ1) is 10.1. The van der Waals surface area contributed by atoms with Gasteiger partial charge in [-0.3, -0.25) is 4.99 Å². The van der Waals surface area contributed by atoms with Crippen LogP contribution in [0.2, 0.25) is 0 Å². The maximum atomic E-state index is 4.25. The van der Waals surface area contributed by atoms with E-state index in [-0.39, 0.29) is 10.9 Å². The van der Waals surface area contributed by atoms with Gasteiger partial charge in [-0.2, -0.15) is 0 Å². The van der Waals surface area contributed by atoms with Crippen molar-refractivity contribution in [1.29, 1.82) is 0 Å². The Balaban J connectivity index is 1.85. The van der Waals surface area contributed by atoms with Crippen LogP contribution in [0.1, 0.15) is 39.0 Å². The van der Waals surface area contributed by atoms with Crippen molar-refractivity contribution in [2.75, 3.05) is 12.3 Å². The Morgan fingerprint density at radius 2 is 2.33 bits per heavy atom. The average Bonchev–Trinajstić information content (AvgIpc) is 2.57. The maximum absolute atomic E-state index is 4.25. The van der Waals surface area contributed by atoms with Crippen LogP contribution in [-0.2, 0) is 0 Å². The Bertz CT molecular complexity index is 134. The second-order valence-electron chi connectivity index (χ2n) is 3.29. The number of hydrogen-bond donors (Lipinski definition) is 1. The molecule has 0 saturated carbocycles. The predicted octanol–water partition coefficient (Wildman–Crippen LogP) is 3.16. The Hall–Kier alpha value is 0.0200. The number of hydrogen-bond acceptors (Lipinski definition) is 1. The summed E-state index contributed by atoms with van der Waals surface area (Å²) in [6, 6.07) is 0. The van der Waals surface area contributed by atoms with Gasteiger partial charge in [0.05, 0.1) is 0 Å². The smallest absolute Gasteiger partial charge is 0.0472 e. The molecule has 0 saturated heterocycles. The normalized spacial score (nSPS) is 24.9. The van der Waals surface area contributed by atoms with E-state index in [2.05, 4.69) is 23.2 Å². The molecule has 1 heterocycles. The van der Waals surface area contributed by atoms with E-state index in [0.29, 0.717) is 0 Å². The van der Waals surface area contributed by atoms with Crippen LogP contribution in [0.4, 0.5) is 0 Å². The first-order valence-corrected chi connectivity index (χ1v) is 6.69. The lowest BCUT2D eigenvalue weighted by Crippen LogP contribution is -1.86. The molecule has 0 aromatic carbocycles.